The molecule has 0 unspecified atom stereocenters. The molecule has 0 N–H and O–H groups in total. The Kier molecular flexibility index (Phi) is 16.9. The molecule has 2 rings (SSSR count). The van der Waals surface area contributed by atoms with E-state index in [0.717, 1.165) is 24.8 Å². The summed E-state index contributed by atoms with van der Waals surface area (Å²) in [6.45, 7) is 2.26. The zero-order valence-corrected chi connectivity index (χ0v) is 24.1. The second-order valence-corrected chi connectivity index (χ2v) is 10.4. The third-order valence-electron chi connectivity index (χ3n) is 6.03. The van der Waals surface area contributed by atoms with Gasteiger partial charge in [-0.15, -0.1) is 0 Å². The first kappa shape index (κ1) is 31.2. The molecule has 4 nitrogen and oxygen atoms in total. The Morgan fingerprint density at radius 2 is 1.18 bits per heavy atom. The Morgan fingerprint density at radius 1 is 0.676 bits per heavy atom. The normalized spacial score (nSPS) is 11.2. The Hall–Kier alpha value is -0.850. The molecule has 0 fully saturated rings. The van der Waals surface area contributed by atoms with Crippen molar-refractivity contribution in [1.82, 2.24) is 0 Å². The maximum atomic E-state index is 11.6. The minimum absolute atomic E-state index is 0. The summed E-state index contributed by atoms with van der Waals surface area (Å²) >= 11 is 0. The molecule has 0 aromatic heterocycles. The molecular formula is C28H41NaO4S. The first-order chi connectivity index (χ1) is 16.0. The summed E-state index contributed by atoms with van der Waals surface area (Å²) in [6.07, 6.45) is 18.9. The standard InChI is InChI=1S/C28H42O4S.Na/c1-2-3-4-5-6-7-8-9-10-11-12-13-14-16-19-25-22-27(24-28(23-25)33(29,30)31)32-26-20-17-15-18-21-26;/h15,17-18,20-24H,2-14,16,19H2,1H3,(H,29,30,31);/q;+1/p-1. The second-order valence-electron chi connectivity index (χ2n) is 9.03. The van der Waals surface area contributed by atoms with E-state index in [2.05, 4.69) is 6.92 Å². The van der Waals surface area contributed by atoms with Gasteiger partial charge in [0.05, 0.1) is 4.90 Å². The predicted molar refractivity (Wildman–Crippen MR) is 135 cm³/mol. The van der Waals surface area contributed by atoms with Gasteiger partial charge in [-0.2, -0.15) is 0 Å². The quantitative estimate of drug-likeness (QED) is 0.157. The first-order valence-corrected chi connectivity index (χ1v) is 14.2. The van der Waals surface area contributed by atoms with Gasteiger partial charge in [0.25, 0.3) is 0 Å². The molecule has 0 radical (unpaired) electrons. The number of benzene rings is 2. The molecule has 0 amide bonds. The van der Waals surface area contributed by atoms with Crippen molar-refractivity contribution in [3.05, 3.63) is 54.1 Å². The summed E-state index contributed by atoms with van der Waals surface area (Å²) in [5.41, 5.74) is 0.830. The average Bonchev–Trinajstić information content (AvgIpc) is 2.79. The number of unbranched alkanes of at least 4 members (excludes halogenated alkanes) is 13. The molecule has 0 atom stereocenters. The van der Waals surface area contributed by atoms with Gasteiger partial charge in [0.1, 0.15) is 21.6 Å². The summed E-state index contributed by atoms with van der Waals surface area (Å²) in [5.74, 6) is 0.999. The molecule has 0 saturated heterocycles. The summed E-state index contributed by atoms with van der Waals surface area (Å²) in [4.78, 5) is -0.226. The van der Waals surface area contributed by atoms with Crippen molar-refractivity contribution in [2.24, 2.45) is 0 Å². The molecule has 2 aromatic carbocycles. The van der Waals surface area contributed by atoms with E-state index < -0.39 is 10.1 Å². The van der Waals surface area contributed by atoms with Crippen LogP contribution >= 0.6 is 0 Å². The molecular weight excluding hydrogens is 455 g/mol. The van der Waals surface area contributed by atoms with Crippen LogP contribution in [0.25, 0.3) is 0 Å². The molecule has 34 heavy (non-hydrogen) atoms. The molecule has 0 bridgehead atoms. The van der Waals surface area contributed by atoms with Crippen LogP contribution in [0.1, 0.15) is 102 Å². The number of para-hydroxylation sites is 1. The van der Waals surface area contributed by atoms with Crippen LogP contribution in [0.4, 0.5) is 0 Å². The zero-order chi connectivity index (χ0) is 23.8. The predicted octanol–water partition coefficient (Wildman–Crippen LogP) is 5.41. The van der Waals surface area contributed by atoms with Crippen molar-refractivity contribution in [1.29, 1.82) is 0 Å². The fourth-order valence-corrected chi connectivity index (χ4v) is 4.68. The van der Waals surface area contributed by atoms with E-state index in [-0.39, 0.29) is 34.5 Å². The van der Waals surface area contributed by atoms with Gasteiger partial charge in [0.2, 0.25) is 0 Å². The number of ether oxygens (including phenoxy) is 1. The van der Waals surface area contributed by atoms with Crippen LogP contribution in [-0.4, -0.2) is 13.0 Å². The van der Waals surface area contributed by atoms with E-state index in [1.165, 1.54) is 89.2 Å². The third-order valence-corrected chi connectivity index (χ3v) is 6.84. The van der Waals surface area contributed by atoms with E-state index in [9.17, 15) is 13.0 Å². The van der Waals surface area contributed by atoms with Crippen LogP contribution < -0.4 is 34.3 Å². The molecule has 184 valence electrons. The molecule has 2 aromatic rings. The van der Waals surface area contributed by atoms with E-state index in [0.29, 0.717) is 11.5 Å². The fourth-order valence-electron chi connectivity index (χ4n) is 4.13. The number of rotatable bonds is 18. The van der Waals surface area contributed by atoms with Gasteiger partial charge < -0.3 is 9.29 Å². The van der Waals surface area contributed by atoms with Crippen LogP contribution in [0, 0.1) is 0 Å². The van der Waals surface area contributed by atoms with Crippen molar-refractivity contribution in [2.75, 3.05) is 0 Å². The van der Waals surface area contributed by atoms with Crippen LogP contribution in [0.3, 0.4) is 0 Å². The van der Waals surface area contributed by atoms with Gasteiger partial charge in [-0.05, 0) is 48.7 Å². The third kappa shape index (κ3) is 13.9. The van der Waals surface area contributed by atoms with Crippen LogP contribution in [0.5, 0.6) is 11.5 Å². The van der Waals surface area contributed by atoms with E-state index in [1.807, 2.05) is 24.3 Å². The van der Waals surface area contributed by atoms with E-state index in [1.54, 1.807) is 12.1 Å². The first-order valence-electron chi connectivity index (χ1n) is 12.8. The maximum Gasteiger partial charge on any atom is 1.00 e. The van der Waals surface area contributed by atoms with Crippen LogP contribution in [0.2, 0.25) is 0 Å². The Labute approximate surface area is 229 Å². The number of hydrogen-bond acceptors (Lipinski definition) is 4. The average molecular weight is 497 g/mol. The molecule has 0 aliphatic rings. The van der Waals surface area contributed by atoms with Crippen molar-refractivity contribution in [2.45, 2.75) is 108 Å². The Morgan fingerprint density at radius 3 is 1.68 bits per heavy atom. The topological polar surface area (TPSA) is 66.4 Å². The fraction of sp³-hybridized carbons (Fsp3) is 0.571. The summed E-state index contributed by atoms with van der Waals surface area (Å²) in [7, 11) is -4.53. The summed E-state index contributed by atoms with van der Waals surface area (Å²) in [5, 5.41) is 0. The van der Waals surface area contributed by atoms with E-state index >= 15 is 0 Å². The van der Waals surface area contributed by atoms with Gasteiger partial charge in [-0.3, -0.25) is 0 Å². The SMILES string of the molecule is CCCCCCCCCCCCCCCCc1cc(Oc2ccccc2)cc(S(=O)(=O)[O-])c1.[Na+]. The van der Waals surface area contributed by atoms with Crippen LogP contribution in [-0.2, 0) is 16.5 Å². The van der Waals surface area contributed by atoms with Crippen LogP contribution in [0.15, 0.2) is 53.4 Å². The maximum absolute atomic E-state index is 11.6. The Balaban J connectivity index is 0.00000578. The van der Waals surface area contributed by atoms with Gasteiger partial charge in [-0.25, -0.2) is 8.42 Å². The van der Waals surface area contributed by atoms with Gasteiger partial charge in [0.15, 0.2) is 0 Å². The molecule has 0 heterocycles. The smallest absolute Gasteiger partial charge is 0.744 e. The number of aryl methyl sites for hydroxylation is 1. The van der Waals surface area contributed by atoms with Gasteiger partial charge >= 0.3 is 29.6 Å². The second kappa shape index (κ2) is 18.4. The minimum Gasteiger partial charge on any atom is -0.744 e. The number of hydrogen-bond donors (Lipinski definition) is 0. The van der Waals surface area contributed by atoms with E-state index in [4.69, 9.17) is 4.74 Å². The van der Waals surface area contributed by atoms with Crippen molar-refractivity contribution in [3.8, 4) is 11.5 Å². The zero-order valence-electron chi connectivity index (χ0n) is 21.3. The largest absolute Gasteiger partial charge is 1.00 e. The molecule has 0 aliphatic heterocycles. The van der Waals surface area contributed by atoms with Crippen molar-refractivity contribution < 1.29 is 47.3 Å². The Bertz CT molecular complexity index is 885. The van der Waals surface area contributed by atoms with Gasteiger partial charge in [-0.1, -0.05) is 109 Å². The summed E-state index contributed by atoms with van der Waals surface area (Å²) < 4.78 is 40.5. The molecule has 0 saturated carbocycles. The van der Waals surface area contributed by atoms with Crippen molar-refractivity contribution >= 4 is 10.1 Å². The minimum atomic E-state index is -4.53. The van der Waals surface area contributed by atoms with Gasteiger partial charge in [0, 0.05) is 0 Å². The van der Waals surface area contributed by atoms with Crippen molar-refractivity contribution in [3.63, 3.8) is 0 Å². The summed E-state index contributed by atoms with van der Waals surface area (Å²) in [6, 6.07) is 13.8. The monoisotopic (exact) mass is 496 g/mol. The molecule has 0 spiro atoms. The molecule has 0 aliphatic carbocycles. The molecule has 6 heteroatoms.